The van der Waals surface area contributed by atoms with Crippen molar-refractivity contribution in [1.82, 2.24) is 19.8 Å². The number of amides is 1. The minimum absolute atomic E-state index is 0.197. The summed E-state index contributed by atoms with van der Waals surface area (Å²) in [5, 5.41) is 19.4. The van der Waals surface area contributed by atoms with Gasteiger partial charge in [0.25, 0.3) is 0 Å². The summed E-state index contributed by atoms with van der Waals surface area (Å²) in [5.74, 6) is 0.688. The Morgan fingerprint density at radius 1 is 1.00 bits per heavy atom. The van der Waals surface area contributed by atoms with Crippen molar-refractivity contribution in [3.8, 4) is 0 Å². The molecule has 4 aromatic rings. The lowest BCUT2D eigenvalue weighted by molar-refractivity contribution is -0.116. The quantitative estimate of drug-likeness (QED) is 0.466. The van der Waals surface area contributed by atoms with Gasteiger partial charge in [0.15, 0.2) is 11.5 Å². The molecule has 0 saturated heterocycles. The number of anilines is 2. The Morgan fingerprint density at radius 3 is 2.53 bits per heavy atom. The highest BCUT2D eigenvalue weighted by Crippen LogP contribution is 2.13. The molecule has 0 spiro atoms. The number of rotatable bonds is 7. The van der Waals surface area contributed by atoms with Crippen LogP contribution < -0.4 is 10.6 Å². The van der Waals surface area contributed by atoms with Crippen LogP contribution >= 0.6 is 11.6 Å². The van der Waals surface area contributed by atoms with Gasteiger partial charge in [-0.1, -0.05) is 23.7 Å². The van der Waals surface area contributed by atoms with E-state index in [4.69, 9.17) is 11.6 Å². The molecule has 2 aromatic carbocycles. The van der Waals surface area contributed by atoms with Gasteiger partial charge >= 0.3 is 0 Å². The second kappa shape index (κ2) is 8.87. The maximum absolute atomic E-state index is 13.0. The predicted molar refractivity (Wildman–Crippen MR) is 113 cm³/mol. The first-order valence-electron chi connectivity index (χ1n) is 9.32. The zero-order chi connectivity index (χ0) is 20.9. The lowest BCUT2D eigenvalue weighted by Gasteiger charge is -2.07. The number of aryl methyl sites for hydroxylation is 1. The van der Waals surface area contributed by atoms with Crippen molar-refractivity contribution >= 4 is 34.7 Å². The monoisotopic (exact) mass is 424 g/mol. The van der Waals surface area contributed by atoms with Gasteiger partial charge < -0.3 is 10.6 Å². The van der Waals surface area contributed by atoms with Crippen LogP contribution in [0, 0.1) is 5.82 Å². The number of carbonyl (C=O) groups is 1. The lowest BCUT2D eigenvalue weighted by Crippen LogP contribution is -2.13. The Labute approximate surface area is 176 Å². The van der Waals surface area contributed by atoms with Crippen LogP contribution in [-0.4, -0.2) is 25.7 Å². The summed E-state index contributed by atoms with van der Waals surface area (Å²) >= 11 is 5.91. The Balaban J connectivity index is 1.39. The van der Waals surface area contributed by atoms with Crippen molar-refractivity contribution in [3.05, 3.63) is 82.9 Å². The molecule has 0 unspecified atom stereocenters. The van der Waals surface area contributed by atoms with Crippen LogP contribution in [0.15, 0.2) is 60.7 Å². The van der Waals surface area contributed by atoms with E-state index in [1.165, 1.54) is 24.3 Å². The summed E-state index contributed by atoms with van der Waals surface area (Å²) in [6.45, 7) is 0.590. The van der Waals surface area contributed by atoms with Crippen molar-refractivity contribution in [3.63, 3.8) is 0 Å². The third kappa shape index (κ3) is 4.90. The highest BCUT2D eigenvalue weighted by atomic mass is 35.5. The van der Waals surface area contributed by atoms with E-state index in [2.05, 4.69) is 25.9 Å². The van der Waals surface area contributed by atoms with Gasteiger partial charge in [0.05, 0.1) is 0 Å². The Kier molecular flexibility index (Phi) is 5.85. The van der Waals surface area contributed by atoms with Crippen LogP contribution in [0.2, 0.25) is 5.02 Å². The molecule has 7 nitrogen and oxygen atoms in total. The van der Waals surface area contributed by atoms with Crippen LogP contribution in [0.1, 0.15) is 17.8 Å². The van der Waals surface area contributed by atoms with Crippen molar-refractivity contribution in [2.45, 2.75) is 19.4 Å². The molecule has 2 aromatic heterocycles. The topological polar surface area (TPSA) is 84.2 Å². The number of nitrogens with zero attached hydrogens (tertiary/aromatic N) is 4. The molecular weight excluding hydrogens is 407 g/mol. The van der Waals surface area contributed by atoms with Crippen LogP contribution in [0.25, 0.3) is 5.65 Å². The van der Waals surface area contributed by atoms with Gasteiger partial charge in [-0.15, -0.1) is 15.3 Å². The minimum atomic E-state index is -0.352. The first kappa shape index (κ1) is 19.8. The Hall–Kier alpha value is -3.52. The molecule has 2 heterocycles. The molecule has 9 heteroatoms. The van der Waals surface area contributed by atoms with E-state index in [0.717, 1.165) is 5.56 Å². The van der Waals surface area contributed by atoms with E-state index in [1.807, 2.05) is 36.4 Å². The van der Waals surface area contributed by atoms with Crippen LogP contribution in [0.5, 0.6) is 0 Å². The molecule has 0 aliphatic rings. The van der Waals surface area contributed by atoms with Crippen LogP contribution in [-0.2, 0) is 17.8 Å². The number of fused-ring (bicyclic) bond motifs is 1. The second-order valence-corrected chi connectivity index (χ2v) is 7.08. The standard InChI is InChI=1S/C21H18ClFN6O/c22-15-3-1-14(2-4-15)13-24-18-9-10-19-26-27-20(29(19)28-18)11-12-21(30)25-17-7-5-16(23)6-8-17/h1-10H,11-13H2,(H,24,28)(H,25,30). The van der Waals surface area contributed by atoms with Crippen molar-refractivity contribution in [1.29, 1.82) is 0 Å². The van der Waals surface area contributed by atoms with Crippen molar-refractivity contribution < 1.29 is 9.18 Å². The second-order valence-electron chi connectivity index (χ2n) is 6.64. The molecule has 0 radical (unpaired) electrons. The molecule has 0 bridgehead atoms. The van der Waals surface area contributed by atoms with Crippen LogP contribution in [0.3, 0.4) is 0 Å². The Morgan fingerprint density at radius 2 is 1.77 bits per heavy atom. The number of benzene rings is 2. The summed E-state index contributed by atoms with van der Waals surface area (Å²) in [6.07, 6.45) is 0.560. The normalized spacial score (nSPS) is 10.9. The maximum Gasteiger partial charge on any atom is 0.224 e. The van der Waals surface area contributed by atoms with Crippen molar-refractivity contribution in [2.24, 2.45) is 0 Å². The smallest absolute Gasteiger partial charge is 0.224 e. The molecule has 4 rings (SSSR count). The van der Waals surface area contributed by atoms with E-state index in [-0.39, 0.29) is 18.1 Å². The summed E-state index contributed by atoms with van der Waals surface area (Å²) in [4.78, 5) is 12.2. The number of hydrogen-bond acceptors (Lipinski definition) is 5. The lowest BCUT2D eigenvalue weighted by atomic mass is 10.2. The van der Waals surface area contributed by atoms with Gasteiger partial charge in [-0.2, -0.15) is 4.52 Å². The van der Waals surface area contributed by atoms with Gasteiger partial charge in [0, 0.05) is 30.1 Å². The average molecular weight is 425 g/mol. The fourth-order valence-electron chi connectivity index (χ4n) is 2.86. The zero-order valence-electron chi connectivity index (χ0n) is 15.8. The molecular formula is C21H18ClFN6O. The number of carbonyl (C=O) groups excluding carboxylic acids is 1. The number of aromatic nitrogens is 4. The van der Waals surface area contributed by atoms with E-state index in [9.17, 15) is 9.18 Å². The minimum Gasteiger partial charge on any atom is -0.365 e. The van der Waals surface area contributed by atoms with Gasteiger partial charge in [-0.05, 0) is 54.1 Å². The molecule has 1 amide bonds. The number of halogens is 2. The Bertz CT molecular complexity index is 1160. The summed E-state index contributed by atoms with van der Waals surface area (Å²) in [5.41, 5.74) is 2.21. The van der Waals surface area contributed by atoms with Crippen molar-refractivity contribution in [2.75, 3.05) is 10.6 Å². The largest absolute Gasteiger partial charge is 0.365 e. The van der Waals surface area contributed by atoms with E-state index in [1.54, 1.807) is 4.52 Å². The number of hydrogen-bond donors (Lipinski definition) is 2. The molecule has 30 heavy (non-hydrogen) atoms. The molecule has 0 atom stereocenters. The fraction of sp³-hybridized carbons (Fsp3) is 0.143. The SMILES string of the molecule is O=C(CCc1nnc2ccc(NCc3ccc(Cl)cc3)nn12)Nc1ccc(F)cc1. The average Bonchev–Trinajstić information content (AvgIpc) is 3.16. The zero-order valence-corrected chi connectivity index (χ0v) is 16.6. The van der Waals surface area contributed by atoms with Gasteiger partial charge in [-0.25, -0.2) is 4.39 Å². The molecule has 152 valence electrons. The van der Waals surface area contributed by atoms with E-state index < -0.39 is 0 Å². The van der Waals surface area contributed by atoms with Crippen LogP contribution in [0.4, 0.5) is 15.9 Å². The molecule has 2 N–H and O–H groups in total. The third-order valence-corrected chi connectivity index (χ3v) is 4.67. The number of nitrogens with one attached hydrogen (secondary N) is 2. The molecule has 0 fully saturated rings. The van der Waals surface area contributed by atoms with Gasteiger partial charge in [0.2, 0.25) is 5.91 Å². The highest BCUT2D eigenvalue weighted by molar-refractivity contribution is 6.30. The third-order valence-electron chi connectivity index (χ3n) is 4.42. The molecule has 0 saturated carbocycles. The fourth-order valence-corrected chi connectivity index (χ4v) is 2.99. The molecule has 0 aliphatic carbocycles. The first-order valence-corrected chi connectivity index (χ1v) is 9.70. The molecule has 0 aliphatic heterocycles. The predicted octanol–water partition coefficient (Wildman–Crippen LogP) is 4.10. The highest BCUT2D eigenvalue weighted by Gasteiger charge is 2.11. The summed E-state index contributed by atoms with van der Waals surface area (Å²) < 4.78 is 14.6. The maximum atomic E-state index is 13.0. The van der Waals surface area contributed by atoms with Gasteiger partial charge in [-0.3, -0.25) is 4.79 Å². The van der Waals surface area contributed by atoms with Gasteiger partial charge in [0.1, 0.15) is 11.6 Å². The summed E-state index contributed by atoms with van der Waals surface area (Å²) in [6, 6.07) is 16.8. The summed E-state index contributed by atoms with van der Waals surface area (Å²) in [7, 11) is 0. The first-order chi connectivity index (χ1) is 14.6. The van der Waals surface area contributed by atoms with E-state index >= 15 is 0 Å². The van der Waals surface area contributed by atoms with E-state index in [0.29, 0.717) is 41.0 Å².